The Balaban J connectivity index is 1.68. The molecule has 0 aromatic heterocycles. The second-order valence-electron chi connectivity index (χ2n) is 5.68. The SMILES string of the molecule is CC(CC1CC1)NC1CCc2c(O)cccc21. The van der Waals surface area contributed by atoms with Crippen LogP contribution in [-0.2, 0) is 6.42 Å². The highest BCUT2D eigenvalue weighted by Gasteiger charge is 2.28. The van der Waals surface area contributed by atoms with E-state index in [1.807, 2.05) is 6.07 Å². The molecule has 0 aliphatic heterocycles. The molecule has 0 amide bonds. The van der Waals surface area contributed by atoms with Crippen molar-refractivity contribution in [1.82, 2.24) is 5.32 Å². The Morgan fingerprint density at radius 1 is 1.35 bits per heavy atom. The van der Waals surface area contributed by atoms with Crippen LogP contribution in [0.4, 0.5) is 0 Å². The maximum absolute atomic E-state index is 9.81. The van der Waals surface area contributed by atoms with Crippen molar-refractivity contribution in [2.24, 2.45) is 5.92 Å². The Hall–Kier alpha value is -1.02. The summed E-state index contributed by atoms with van der Waals surface area (Å²) in [6.07, 6.45) is 6.30. The van der Waals surface area contributed by atoms with Crippen molar-refractivity contribution < 1.29 is 5.11 Å². The van der Waals surface area contributed by atoms with E-state index < -0.39 is 0 Å². The van der Waals surface area contributed by atoms with Gasteiger partial charge in [0.1, 0.15) is 5.75 Å². The minimum Gasteiger partial charge on any atom is -0.508 e. The second-order valence-corrected chi connectivity index (χ2v) is 5.68. The van der Waals surface area contributed by atoms with Gasteiger partial charge in [-0.2, -0.15) is 0 Å². The molecule has 2 aliphatic rings. The van der Waals surface area contributed by atoms with Crippen molar-refractivity contribution in [1.29, 1.82) is 0 Å². The zero-order valence-corrected chi connectivity index (χ0v) is 10.4. The first-order chi connectivity index (χ1) is 8.24. The quantitative estimate of drug-likeness (QED) is 0.834. The molecule has 2 atom stereocenters. The molecule has 0 heterocycles. The predicted molar refractivity (Wildman–Crippen MR) is 69.1 cm³/mol. The van der Waals surface area contributed by atoms with Crippen LogP contribution in [0.5, 0.6) is 5.75 Å². The highest BCUT2D eigenvalue weighted by atomic mass is 16.3. The van der Waals surface area contributed by atoms with Gasteiger partial charge in [0.15, 0.2) is 0 Å². The van der Waals surface area contributed by atoms with Crippen LogP contribution in [0.1, 0.15) is 49.8 Å². The van der Waals surface area contributed by atoms with Gasteiger partial charge in [0.25, 0.3) is 0 Å². The summed E-state index contributed by atoms with van der Waals surface area (Å²) in [7, 11) is 0. The van der Waals surface area contributed by atoms with Crippen molar-refractivity contribution in [3.63, 3.8) is 0 Å². The molecule has 2 unspecified atom stereocenters. The number of hydrogen-bond donors (Lipinski definition) is 2. The van der Waals surface area contributed by atoms with Crippen molar-refractivity contribution in [2.45, 2.75) is 51.1 Å². The van der Waals surface area contributed by atoms with Gasteiger partial charge in [-0.3, -0.25) is 0 Å². The van der Waals surface area contributed by atoms with E-state index in [-0.39, 0.29) is 0 Å². The lowest BCUT2D eigenvalue weighted by Gasteiger charge is -2.20. The van der Waals surface area contributed by atoms with Crippen molar-refractivity contribution >= 4 is 0 Å². The summed E-state index contributed by atoms with van der Waals surface area (Å²) in [6, 6.07) is 6.96. The maximum atomic E-state index is 9.81. The molecule has 3 rings (SSSR count). The lowest BCUT2D eigenvalue weighted by molar-refractivity contribution is 0.419. The Morgan fingerprint density at radius 2 is 2.18 bits per heavy atom. The minimum absolute atomic E-state index is 0.450. The fourth-order valence-corrected chi connectivity index (χ4v) is 3.07. The highest BCUT2D eigenvalue weighted by Crippen LogP contribution is 2.38. The third-order valence-corrected chi connectivity index (χ3v) is 4.12. The zero-order chi connectivity index (χ0) is 11.8. The molecule has 2 nitrogen and oxygen atoms in total. The molecule has 1 aromatic carbocycles. The molecule has 2 heteroatoms. The summed E-state index contributed by atoms with van der Waals surface area (Å²) < 4.78 is 0. The lowest BCUT2D eigenvalue weighted by Crippen LogP contribution is -2.29. The van der Waals surface area contributed by atoms with E-state index in [1.54, 1.807) is 6.07 Å². The van der Waals surface area contributed by atoms with Crippen LogP contribution in [0.3, 0.4) is 0 Å². The van der Waals surface area contributed by atoms with Crippen molar-refractivity contribution in [3.05, 3.63) is 29.3 Å². The van der Waals surface area contributed by atoms with E-state index in [0.717, 1.165) is 24.3 Å². The fourth-order valence-electron chi connectivity index (χ4n) is 3.07. The molecule has 2 aliphatic carbocycles. The topological polar surface area (TPSA) is 32.3 Å². The standard InChI is InChI=1S/C15H21NO/c1-10(9-11-5-6-11)16-14-8-7-13-12(14)3-2-4-15(13)17/h2-4,10-11,14,16-17H,5-9H2,1H3. The summed E-state index contributed by atoms with van der Waals surface area (Å²) in [4.78, 5) is 0. The van der Waals surface area contributed by atoms with Gasteiger partial charge in [0.05, 0.1) is 0 Å². The van der Waals surface area contributed by atoms with Crippen LogP contribution in [0, 0.1) is 5.92 Å². The first-order valence-electron chi connectivity index (χ1n) is 6.81. The molecule has 0 saturated heterocycles. The van der Waals surface area contributed by atoms with Gasteiger partial charge in [0.2, 0.25) is 0 Å². The molecule has 17 heavy (non-hydrogen) atoms. The molecule has 1 aromatic rings. The number of phenols is 1. The Kier molecular flexibility index (Phi) is 2.83. The third-order valence-electron chi connectivity index (χ3n) is 4.12. The van der Waals surface area contributed by atoms with Gasteiger partial charge >= 0.3 is 0 Å². The molecular weight excluding hydrogens is 210 g/mol. The van der Waals surface area contributed by atoms with E-state index in [4.69, 9.17) is 0 Å². The zero-order valence-electron chi connectivity index (χ0n) is 10.4. The van der Waals surface area contributed by atoms with E-state index in [1.165, 1.54) is 24.8 Å². The Morgan fingerprint density at radius 3 is 2.94 bits per heavy atom. The second kappa shape index (κ2) is 4.34. The van der Waals surface area contributed by atoms with Crippen molar-refractivity contribution in [3.8, 4) is 5.75 Å². The Bertz CT molecular complexity index is 411. The number of aromatic hydroxyl groups is 1. The first kappa shape index (κ1) is 11.1. The minimum atomic E-state index is 0.450. The molecule has 2 N–H and O–H groups in total. The number of fused-ring (bicyclic) bond motifs is 1. The molecule has 0 bridgehead atoms. The van der Waals surface area contributed by atoms with Gasteiger partial charge in [-0.05, 0) is 49.3 Å². The third kappa shape index (κ3) is 2.32. The largest absolute Gasteiger partial charge is 0.508 e. The predicted octanol–water partition coefficient (Wildman–Crippen LogP) is 3.16. The summed E-state index contributed by atoms with van der Waals surface area (Å²) in [5, 5.41) is 13.5. The summed E-state index contributed by atoms with van der Waals surface area (Å²) in [5.74, 6) is 1.45. The Labute approximate surface area is 103 Å². The van der Waals surface area contributed by atoms with Gasteiger partial charge in [-0.15, -0.1) is 0 Å². The first-order valence-corrected chi connectivity index (χ1v) is 6.81. The van der Waals surface area contributed by atoms with E-state index in [2.05, 4.69) is 18.3 Å². The van der Waals surface area contributed by atoms with Gasteiger partial charge in [-0.1, -0.05) is 25.0 Å². The normalized spacial score (nSPS) is 24.6. The van der Waals surface area contributed by atoms with E-state index >= 15 is 0 Å². The molecule has 0 radical (unpaired) electrons. The molecule has 0 spiro atoms. The number of benzene rings is 1. The van der Waals surface area contributed by atoms with Gasteiger partial charge in [-0.25, -0.2) is 0 Å². The fraction of sp³-hybridized carbons (Fsp3) is 0.600. The molecular formula is C15H21NO. The van der Waals surface area contributed by atoms with Crippen LogP contribution in [0.25, 0.3) is 0 Å². The van der Waals surface area contributed by atoms with E-state index in [0.29, 0.717) is 17.8 Å². The van der Waals surface area contributed by atoms with Crippen LogP contribution in [0.2, 0.25) is 0 Å². The van der Waals surface area contributed by atoms with Crippen LogP contribution >= 0.6 is 0 Å². The lowest BCUT2D eigenvalue weighted by atomic mass is 10.1. The van der Waals surface area contributed by atoms with E-state index in [9.17, 15) is 5.11 Å². The van der Waals surface area contributed by atoms with Gasteiger partial charge < -0.3 is 10.4 Å². The van der Waals surface area contributed by atoms with Crippen LogP contribution in [-0.4, -0.2) is 11.1 Å². The smallest absolute Gasteiger partial charge is 0.119 e. The number of rotatable bonds is 4. The number of phenolic OH excluding ortho intramolecular Hbond substituents is 1. The number of hydrogen-bond acceptors (Lipinski definition) is 2. The monoisotopic (exact) mass is 231 g/mol. The average Bonchev–Trinajstić information content (AvgIpc) is 3.00. The maximum Gasteiger partial charge on any atom is 0.119 e. The van der Waals surface area contributed by atoms with Crippen LogP contribution in [0.15, 0.2) is 18.2 Å². The summed E-state index contributed by atoms with van der Waals surface area (Å²) >= 11 is 0. The van der Waals surface area contributed by atoms with Gasteiger partial charge in [0, 0.05) is 12.1 Å². The number of nitrogens with one attached hydrogen (secondary N) is 1. The average molecular weight is 231 g/mol. The molecule has 1 saturated carbocycles. The molecule has 92 valence electrons. The van der Waals surface area contributed by atoms with Crippen molar-refractivity contribution in [2.75, 3.05) is 0 Å². The summed E-state index contributed by atoms with van der Waals surface area (Å²) in [6.45, 7) is 2.29. The van der Waals surface area contributed by atoms with Crippen LogP contribution < -0.4 is 5.32 Å². The summed E-state index contributed by atoms with van der Waals surface area (Å²) in [5.41, 5.74) is 2.47. The molecule has 1 fully saturated rings. The highest BCUT2D eigenvalue weighted by molar-refractivity contribution is 5.44.